The van der Waals surface area contributed by atoms with Gasteiger partial charge in [0, 0.05) is 16.1 Å². The quantitative estimate of drug-likeness (QED) is 0.863. The number of benzene rings is 1. The Morgan fingerprint density at radius 3 is 2.71 bits per heavy atom. The predicted octanol–water partition coefficient (Wildman–Crippen LogP) is 3.84. The van der Waals surface area contributed by atoms with Crippen LogP contribution in [-0.2, 0) is 16.0 Å². The van der Waals surface area contributed by atoms with E-state index in [0.717, 1.165) is 35.0 Å². The maximum atomic E-state index is 12.4. The number of carbonyl (C=O) groups excluding carboxylic acids is 1. The van der Waals surface area contributed by atoms with Crippen LogP contribution in [0.2, 0.25) is 0 Å². The lowest BCUT2D eigenvalue weighted by Gasteiger charge is -2.26. The van der Waals surface area contributed by atoms with Crippen LogP contribution in [0.15, 0.2) is 22.7 Å². The van der Waals surface area contributed by atoms with Crippen molar-refractivity contribution in [1.82, 2.24) is 0 Å². The van der Waals surface area contributed by atoms with E-state index in [-0.39, 0.29) is 17.7 Å². The zero-order valence-electron chi connectivity index (χ0n) is 12.1. The Balaban J connectivity index is 2.06. The first kappa shape index (κ1) is 16.0. The summed E-state index contributed by atoms with van der Waals surface area (Å²) in [6.07, 6.45) is 3.53. The van der Waals surface area contributed by atoms with Gasteiger partial charge in [-0.25, -0.2) is 0 Å². The summed E-state index contributed by atoms with van der Waals surface area (Å²) >= 11 is 3.43. The van der Waals surface area contributed by atoms with Gasteiger partial charge in [0.25, 0.3) is 0 Å². The number of hydrogen-bond acceptors (Lipinski definition) is 2. The van der Waals surface area contributed by atoms with Gasteiger partial charge in [-0.2, -0.15) is 0 Å². The lowest BCUT2D eigenvalue weighted by Crippen LogP contribution is -2.31. The van der Waals surface area contributed by atoms with Crippen molar-refractivity contribution in [2.24, 2.45) is 11.8 Å². The zero-order valence-corrected chi connectivity index (χ0v) is 13.6. The lowest BCUT2D eigenvalue weighted by molar-refractivity contribution is -0.143. The van der Waals surface area contributed by atoms with E-state index in [2.05, 4.69) is 21.2 Å². The number of rotatable bonds is 4. The predicted molar refractivity (Wildman–Crippen MR) is 85.2 cm³/mol. The van der Waals surface area contributed by atoms with Gasteiger partial charge in [-0.1, -0.05) is 29.3 Å². The van der Waals surface area contributed by atoms with Crippen molar-refractivity contribution in [3.63, 3.8) is 0 Å². The number of amides is 1. The van der Waals surface area contributed by atoms with Crippen molar-refractivity contribution < 1.29 is 14.7 Å². The van der Waals surface area contributed by atoms with E-state index in [9.17, 15) is 9.59 Å². The first-order valence-electron chi connectivity index (χ1n) is 7.33. The monoisotopic (exact) mass is 353 g/mol. The Bertz CT molecular complexity index is 544. The van der Waals surface area contributed by atoms with Crippen LogP contribution in [0.25, 0.3) is 0 Å². The molecule has 1 saturated carbocycles. The van der Waals surface area contributed by atoms with Crippen LogP contribution >= 0.6 is 15.9 Å². The molecule has 1 aromatic rings. The molecule has 114 valence electrons. The third-order valence-corrected chi connectivity index (χ3v) is 4.59. The molecule has 0 spiro atoms. The van der Waals surface area contributed by atoms with Gasteiger partial charge in [0.15, 0.2) is 0 Å². The fourth-order valence-electron chi connectivity index (χ4n) is 2.86. The van der Waals surface area contributed by atoms with E-state index in [1.807, 2.05) is 25.1 Å². The number of carboxylic acids is 1. The SMILES string of the molecule is CCc1cc(Br)ccc1NC(=O)C1CCCC(C(=O)O)C1. The Morgan fingerprint density at radius 1 is 1.33 bits per heavy atom. The second kappa shape index (κ2) is 7.07. The molecule has 4 nitrogen and oxygen atoms in total. The van der Waals surface area contributed by atoms with Gasteiger partial charge < -0.3 is 10.4 Å². The topological polar surface area (TPSA) is 66.4 Å². The molecule has 5 heteroatoms. The number of nitrogens with one attached hydrogen (secondary N) is 1. The van der Waals surface area contributed by atoms with Crippen LogP contribution in [0.5, 0.6) is 0 Å². The Morgan fingerprint density at radius 2 is 2.05 bits per heavy atom. The standard InChI is InChI=1S/C16H20BrNO3/c1-2-10-9-13(17)6-7-14(10)18-15(19)11-4-3-5-12(8-11)16(20)21/h6-7,9,11-12H,2-5,8H2,1H3,(H,18,19)(H,20,21). The van der Waals surface area contributed by atoms with E-state index < -0.39 is 5.97 Å². The Labute approximate surface area is 133 Å². The van der Waals surface area contributed by atoms with Crippen molar-refractivity contribution in [3.05, 3.63) is 28.2 Å². The average Bonchev–Trinajstić information content (AvgIpc) is 2.49. The second-order valence-corrected chi connectivity index (χ2v) is 6.46. The van der Waals surface area contributed by atoms with Gasteiger partial charge in [-0.3, -0.25) is 9.59 Å². The number of anilines is 1. The molecule has 1 aromatic carbocycles. The highest BCUT2D eigenvalue weighted by Crippen LogP contribution is 2.31. The number of hydrogen-bond donors (Lipinski definition) is 2. The number of carboxylic acid groups (broad SMARTS) is 1. The largest absolute Gasteiger partial charge is 0.481 e. The summed E-state index contributed by atoms with van der Waals surface area (Å²) in [4.78, 5) is 23.5. The summed E-state index contributed by atoms with van der Waals surface area (Å²) in [7, 11) is 0. The van der Waals surface area contributed by atoms with Crippen LogP contribution in [0.1, 0.15) is 38.2 Å². The Kier molecular flexibility index (Phi) is 5.39. The first-order chi connectivity index (χ1) is 10.0. The average molecular weight is 354 g/mol. The second-order valence-electron chi connectivity index (χ2n) is 5.54. The molecule has 21 heavy (non-hydrogen) atoms. The molecule has 2 rings (SSSR count). The minimum atomic E-state index is -0.787. The van der Waals surface area contributed by atoms with Gasteiger partial charge >= 0.3 is 5.97 Å². The molecule has 0 radical (unpaired) electrons. The lowest BCUT2D eigenvalue weighted by atomic mass is 9.81. The van der Waals surface area contributed by atoms with Gasteiger partial charge in [-0.05, 0) is 49.4 Å². The van der Waals surface area contributed by atoms with Gasteiger partial charge in [0.2, 0.25) is 5.91 Å². The fraction of sp³-hybridized carbons (Fsp3) is 0.500. The normalized spacial score (nSPS) is 21.8. The molecule has 1 fully saturated rings. The number of halogens is 1. The summed E-state index contributed by atoms with van der Waals surface area (Å²) < 4.78 is 0.987. The molecule has 2 N–H and O–H groups in total. The maximum absolute atomic E-state index is 12.4. The van der Waals surface area contributed by atoms with Crippen LogP contribution in [0.4, 0.5) is 5.69 Å². The Hall–Kier alpha value is -1.36. The highest BCUT2D eigenvalue weighted by Gasteiger charge is 2.31. The molecule has 2 atom stereocenters. The number of carbonyl (C=O) groups is 2. The molecule has 1 aliphatic rings. The third kappa shape index (κ3) is 4.06. The van der Waals surface area contributed by atoms with Gasteiger partial charge in [0.1, 0.15) is 0 Å². The third-order valence-electron chi connectivity index (χ3n) is 4.10. The molecule has 0 heterocycles. The maximum Gasteiger partial charge on any atom is 0.306 e. The molecule has 0 bridgehead atoms. The van der Waals surface area contributed by atoms with Crippen molar-refractivity contribution in [3.8, 4) is 0 Å². The van der Waals surface area contributed by atoms with Crippen LogP contribution < -0.4 is 5.32 Å². The summed E-state index contributed by atoms with van der Waals surface area (Å²) in [6, 6.07) is 5.78. The van der Waals surface area contributed by atoms with Crippen LogP contribution in [0, 0.1) is 11.8 Å². The number of aryl methyl sites for hydroxylation is 1. The summed E-state index contributed by atoms with van der Waals surface area (Å²) in [6.45, 7) is 2.04. The van der Waals surface area contributed by atoms with Crippen LogP contribution in [0.3, 0.4) is 0 Å². The van der Waals surface area contributed by atoms with E-state index in [1.54, 1.807) is 0 Å². The van der Waals surface area contributed by atoms with Crippen LogP contribution in [-0.4, -0.2) is 17.0 Å². The van der Waals surface area contributed by atoms with E-state index in [4.69, 9.17) is 5.11 Å². The highest BCUT2D eigenvalue weighted by molar-refractivity contribution is 9.10. The van der Waals surface area contributed by atoms with Crippen molar-refractivity contribution in [2.45, 2.75) is 39.0 Å². The van der Waals surface area contributed by atoms with Crippen molar-refractivity contribution in [2.75, 3.05) is 5.32 Å². The summed E-state index contributed by atoms with van der Waals surface area (Å²) in [5.74, 6) is -1.43. The van der Waals surface area contributed by atoms with E-state index >= 15 is 0 Å². The zero-order chi connectivity index (χ0) is 15.4. The molecular weight excluding hydrogens is 334 g/mol. The smallest absolute Gasteiger partial charge is 0.306 e. The molecule has 0 aliphatic heterocycles. The summed E-state index contributed by atoms with van der Waals surface area (Å²) in [5, 5.41) is 12.1. The fourth-order valence-corrected chi connectivity index (χ4v) is 3.27. The summed E-state index contributed by atoms with van der Waals surface area (Å²) in [5.41, 5.74) is 1.89. The molecule has 2 unspecified atom stereocenters. The minimum Gasteiger partial charge on any atom is -0.481 e. The van der Waals surface area contributed by atoms with Crippen molar-refractivity contribution in [1.29, 1.82) is 0 Å². The van der Waals surface area contributed by atoms with E-state index in [0.29, 0.717) is 12.8 Å². The van der Waals surface area contributed by atoms with Gasteiger partial charge in [-0.15, -0.1) is 0 Å². The first-order valence-corrected chi connectivity index (χ1v) is 8.12. The van der Waals surface area contributed by atoms with Crippen molar-refractivity contribution >= 4 is 33.5 Å². The highest BCUT2D eigenvalue weighted by atomic mass is 79.9. The molecule has 1 aliphatic carbocycles. The number of aliphatic carboxylic acids is 1. The van der Waals surface area contributed by atoms with E-state index in [1.165, 1.54) is 0 Å². The molecule has 0 aromatic heterocycles. The molecule has 0 saturated heterocycles. The molecule has 1 amide bonds. The van der Waals surface area contributed by atoms with Gasteiger partial charge in [0.05, 0.1) is 5.92 Å². The minimum absolute atomic E-state index is 0.0574. The molecular formula is C16H20BrNO3.